The molecule has 4 nitrogen and oxygen atoms in total. The highest BCUT2D eigenvalue weighted by Gasteiger charge is 2.14. The zero-order chi connectivity index (χ0) is 10.0. The van der Waals surface area contributed by atoms with Crippen molar-refractivity contribution in [3.05, 3.63) is 22.2 Å². The lowest BCUT2D eigenvalue weighted by Gasteiger charge is -2.04. The molecule has 0 saturated carbocycles. The SMILES string of the molecule is NCC(=O)c1ccc(Br)c(O)c1O. The van der Waals surface area contributed by atoms with Gasteiger partial charge in [0.15, 0.2) is 17.3 Å². The van der Waals surface area contributed by atoms with Gasteiger partial charge in [0.05, 0.1) is 16.6 Å². The van der Waals surface area contributed by atoms with Gasteiger partial charge >= 0.3 is 0 Å². The highest BCUT2D eigenvalue weighted by molar-refractivity contribution is 9.10. The molecule has 4 N–H and O–H groups in total. The van der Waals surface area contributed by atoms with Crippen LogP contribution < -0.4 is 5.73 Å². The first-order chi connectivity index (χ1) is 6.07. The van der Waals surface area contributed by atoms with Crippen LogP contribution in [0.3, 0.4) is 0 Å². The van der Waals surface area contributed by atoms with Gasteiger partial charge in [-0.2, -0.15) is 0 Å². The molecule has 1 rings (SSSR count). The van der Waals surface area contributed by atoms with Crippen molar-refractivity contribution in [1.29, 1.82) is 0 Å². The van der Waals surface area contributed by atoms with E-state index >= 15 is 0 Å². The van der Waals surface area contributed by atoms with E-state index in [4.69, 9.17) is 5.73 Å². The lowest BCUT2D eigenvalue weighted by molar-refractivity contribution is 0.0998. The van der Waals surface area contributed by atoms with Gasteiger partial charge in [-0.1, -0.05) is 0 Å². The zero-order valence-electron chi connectivity index (χ0n) is 6.62. The van der Waals surface area contributed by atoms with Crippen LogP contribution in [0.2, 0.25) is 0 Å². The second-order valence-electron chi connectivity index (χ2n) is 2.42. The van der Waals surface area contributed by atoms with E-state index in [1.165, 1.54) is 12.1 Å². The number of carbonyl (C=O) groups excluding carboxylic acids is 1. The summed E-state index contributed by atoms with van der Waals surface area (Å²) in [5, 5.41) is 18.6. The Labute approximate surface area is 83.1 Å². The summed E-state index contributed by atoms with van der Waals surface area (Å²) in [5.41, 5.74) is 5.14. The molecule has 0 heterocycles. The third kappa shape index (κ3) is 1.81. The second kappa shape index (κ2) is 3.76. The second-order valence-corrected chi connectivity index (χ2v) is 3.27. The Bertz CT molecular complexity index is 351. The fourth-order valence-corrected chi connectivity index (χ4v) is 1.21. The molecule has 1 aromatic carbocycles. The maximum Gasteiger partial charge on any atom is 0.180 e. The predicted octanol–water partition coefficient (Wildman–Crippen LogP) is 1.00. The number of hydrogen-bond acceptors (Lipinski definition) is 4. The van der Waals surface area contributed by atoms with Crippen LogP contribution in [-0.2, 0) is 0 Å². The third-order valence-electron chi connectivity index (χ3n) is 1.59. The fourth-order valence-electron chi connectivity index (χ4n) is 0.890. The van der Waals surface area contributed by atoms with E-state index in [1.807, 2.05) is 0 Å². The molecule has 0 unspecified atom stereocenters. The van der Waals surface area contributed by atoms with Crippen molar-refractivity contribution in [3.63, 3.8) is 0 Å². The van der Waals surface area contributed by atoms with Gasteiger partial charge < -0.3 is 15.9 Å². The molecule has 0 amide bonds. The molecule has 0 aliphatic rings. The van der Waals surface area contributed by atoms with Crippen molar-refractivity contribution in [1.82, 2.24) is 0 Å². The van der Waals surface area contributed by atoms with Gasteiger partial charge in [-0.25, -0.2) is 0 Å². The van der Waals surface area contributed by atoms with Gasteiger partial charge in [-0.3, -0.25) is 4.79 Å². The van der Waals surface area contributed by atoms with E-state index in [9.17, 15) is 15.0 Å². The molecule has 0 fully saturated rings. The van der Waals surface area contributed by atoms with Crippen molar-refractivity contribution < 1.29 is 15.0 Å². The minimum atomic E-state index is -0.440. The van der Waals surface area contributed by atoms with Gasteiger partial charge in [-0.15, -0.1) is 0 Å². The van der Waals surface area contributed by atoms with E-state index in [-0.39, 0.29) is 17.9 Å². The molecule has 0 saturated heterocycles. The van der Waals surface area contributed by atoms with Crippen LogP contribution in [0, 0.1) is 0 Å². The summed E-state index contributed by atoms with van der Waals surface area (Å²) in [6, 6.07) is 2.87. The average Bonchev–Trinajstić information content (AvgIpc) is 2.13. The number of ketones is 1. The monoisotopic (exact) mass is 245 g/mol. The van der Waals surface area contributed by atoms with Crippen LogP contribution in [0.15, 0.2) is 16.6 Å². The molecule has 0 spiro atoms. The number of Topliss-reactive ketones (excluding diaryl/α,β-unsaturated/α-hetero) is 1. The summed E-state index contributed by atoms with van der Waals surface area (Å²) in [4.78, 5) is 11.1. The topological polar surface area (TPSA) is 83.6 Å². The summed E-state index contributed by atoms with van der Waals surface area (Å²) in [6.45, 7) is -0.200. The molecule has 0 radical (unpaired) electrons. The molecule has 0 atom stereocenters. The fraction of sp³-hybridized carbons (Fsp3) is 0.125. The van der Waals surface area contributed by atoms with Gasteiger partial charge in [0.2, 0.25) is 0 Å². The lowest BCUT2D eigenvalue weighted by atomic mass is 10.1. The first kappa shape index (κ1) is 10.0. The third-order valence-corrected chi connectivity index (χ3v) is 2.23. The van der Waals surface area contributed by atoms with E-state index in [0.29, 0.717) is 4.47 Å². The number of phenols is 2. The first-order valence-electron chi connectivity index (χ1n) is 3.51. The number of phenolic OH excluding ortho intramolecular Hbond substituents is 2. The first-order valence-corrected chi connectivity index (χ1v) is 4.31. The molecule has 13 heavy (non-hydrogen) atoms. The van der Waals surface area contributed by atoms with E-state index in [2.05, 4.69) is 15.9 Å². The Balaban J connectivity index is 3.26. The number of halogens is 1. The lowest BCUT2D eigenvalue weighted by Crippen LogP contribution is -2.13. The van der Waals surface area contributed by atoms with Crippen LogP contribution in [-0.4, -0.2) is 22.5 Å². The molecular formula is C8H8BrNO3. The van der Waals surface area contributed by atoms with Crippen LogP contribution in [0.4, 0.5) is 0 Å². The number of hydrogen-bond donors (Lipinski definition) is 3. The van der Waals surface area contributed by atoms with E-state index < -0.39 is 11.5 Å². The molecule has 0 aliphatic carbocycles. The zero-order valence-corrected chi connectivity index (χ0v) is 8.21. The predicted molar refractivity (Wildman–Crippen MR) is 50.9 cm³/mol. The summed E-state index contributed by atoms with van der Waals surface area (Å²) >= 11 is 3.00. The van der Waals surface area contributed by atoms with Gasteiger partial charge in [0.25, 0.3) is 0 Å². The Hall–Kier alpha value is -1.07. The minimum Gasteiger partial charge on any atom is -0.504 e. The highest BCUT2D eigenvalue weighted by atomic mass is 79.9. The Morgan fingerprint density at radius 2 is 2.00 bits per heavy atom. The number of carbonyl (C=O) groups is 1. The summed E-state index contributed by atoms with van der Waals surface area (Å²) in [6.07, 6.45) is 0. The smallest absolute Gasteiger partial charge is 0.180 e. The van der Waals surface area contributed by atoms with Crippen molar-refractivity contribution in [2.45, 2.75) is 0 Å². The molecule has 5 heteroatoms. The summed E-state index contributed by atoms with van der Waals surface area (Å²) in [5.74, 6) is -1.20. The maximum absolute atomic E-state index is 11.1. The normalized spacial score (nSPS) is 10.0. The number of benzene rings is 1. The maximum atomic E-state index is 11.1. The summed E-state index contributed by atoms with van der Waals surface area (Å²) < 4.78 is 0.332. The standard InChI is InChI=1S/C8H8BrNO3/c9-5-2-1-4(6(11)3-10)7(12)8(5)13/h1-2,12-13H,3,10H2. The summed E-state index contributed by atoms with van der Waals surface area (Å²) in [7, 11) is 0. The van der Waals surface area contributed by atoms with Crippen LogP contribution in [0.1, 0.15) is 10.4 Å². The van der Waals surface area contributed by atoms with Crippen molar-refractivity contribution in [3.8, 4) is 11.5 Å². The van der Waals surface area contributed by atoms with Crippen LogP contribution in [0.5, 0.6) is 11.5 Å². The molecule has 0 aromatic heterocycles. The molecule has 0 bridgehead atoms. The molecular weight excluding hydrogens is 238 g/mol. The quantitative estimate of drug-likeness (QED) is 0.537. The van der Waals surface area contributed by atoms with E-state index in [1.54, 1.807) is 0 Å². The van der Waals surface area contributed by atoms with Crippen molar-refractivity contribution >= 4 is 21.7 Å². The van der Waals surface area contributed by atoms with Crippen molar-refractivity contribution in [2.24, 2.45) is 5.73 Å². The highest BCUT2D eigenvalue weighted by Crippen LogP contribution is 2.35. The largest absolute Gasteiger partial charge is 0.504 e. The number of rotatable bonds is 2. The molecule has 1 aromatic rings. The van der Waals surface area contributed by atoms with Crippen molar-refractivity contribution in [2.75, 3.05) is 6.54 Å². The minimum absolute atomic E-state index is 0.0307. The number of nitrogens with two attached hydrogens (primary N) is 1. The Morgan fingerprint density at radius 3 is 2.54 bits per heavy atom. The van der Waals surface area contributed by atoms with Gasteiger partial charge in [-0.05, 0) is 28.1 Å². The van der Waals surface area contributed by atoms with Crippen LogP contribution in [0.25, 0.3) is 0 Å². The molecule has 0 aliphatic heterocycles. The van der Waals surface area contributed by atoms with E-state index in [0.717, 1.165) is 0 Å². The average molecular weight is 246 g/mol. The molecule has 70 valence electrons. The van der Waals surface area contributed by atoms with Gasteiger partial charge in [0.1, 0.15) is 0 Å². The number of aromatic hydroxyl groups is 2. The Kier molecular flexibility index (Phi) is 2.90. The van der Waals surface area contributed by atoms with Crippen LogP contribution >= 0.6 is 15.9 Å². The van der Waals surface area contributed by atoms with Gasteiger partial charge in [0, 0.05) is 0 Å². The Morgan fingerprint density at radius 1 is 1.38 bits per heavy atom.